The standard InChI is InChI=1S/C12H22O12/c13-1-3(15)5(16)9(20)12(23,11(21)22)10-8(19)7(18)6(17)4(2-14)24-10/h3-10,13-20,23H,1-2H2,(H,21,22)/t3-,4-,5-,6-,7+,8+,9+,10?,12-/m1/s1/i10D. The Labute approximate surface area is 136 Å². The normalized spacial score (nSPS) is 41.0. The molecular formula is C12H22O12. The van der Waals surface area contributed by atoms with Crippen LogP contribution in [-0.4, -0.2) is 125 Å². The van der Waals surface area contributed by atoms with Gasteiger partial charge in [-0.3, -0.25) is 0 Å². The molecule has 0 aromatic carbocycles. The van der Waals surface area contributed by atoms with E-state index in [1.165, 1.54) is 0 Å². The zero-order valence-electron chi connectivity index (χ0n) is 13.2. The van der Waals surface area contributed by atoms with E-state index in [1.807, 2.05) is 0 Å². The maximum absolute atomic E-state index is 11.5. The summed E-state index contributed by atoms with van der Waals surface area (Å²) in [5.41, 5.74) is -3.85. The van der Waals surface area contributed by atoms with Gasteiger partial charge in [0.15, 0.2) is 0 Å². The fourth-order valence-electron chi connectivity index (χ4n) is 2.27. The lowest BCUT2D eigenvalue weighted by molar-refractivity contribution is -0.291. The summed E-state index contributed by atoms with van der Waals surface area (Å²) < 4.78 is 12.7. The molecule has 0 spiro atoms. The van der Waals surface area contributed by atoms with Crippen molar-refractivity contribution in [2.45, 2.75) is 54.4 Å². The van der Waals surface area contributed by atoms with Crippen LogP contribution in [0.4, 0.5) is 0 Å². The van der Waals surface area contributed by atoms with E-state index in [2.05, 4.69) is 0 Å². The van der Waals surface area contributed by atoms with Gasteiger partial charge in [0.2, 0.25) is 5.60 Å². The average molecular weight is 359 g/mol. The van der Waals surface area contributed by atoms with E-state index in [4.69, 9.17) is 16.3 Å². The fraction of sp³-hybridized carbons (Fsp3) is 0.917. The lowest BCUT2D eigenvalue weighted by Gasteiger charge is -2.47. The maximum Gasteiger partial charge on any atom is 0.341 e. The van der Waals surface area contributed by atoms with E-state index in [1.54, 1.807) is 0 Å². The molecule has 1 saturated heterocycles. The number of carboxylic acid groups (broad SMARTS) is 1. The molecule has 0 aromatic heterocycles. The molecule has 1 aliphatic heterocycles. The third kappa shape index (κ3) is 3.52. The van der Waals surface area contributed by atoms with Crippen LogP contribution in [0.3, 0.4) is 0 Å². The van der Waals surface area contributed by atoms with E-state index >= 15 is 0 Å². The van der Waals surface area contributed by atoms with E-state index in [0.29, 0.717) is 0 Å². The summed E-state index contributed by atoms with van der Waals surface area (Å²) in [4.78, 5) is 11.5. The number of carbonyl (C=O) groups is 1. The number of ether oxygens (including phenoxy) is 1. The highest BCUT2D eigenvalue weighted by atomic mass is 16.6. The monoisotopic (exact) mass is 359 g/mol. The number of hydrogen-bond acceptors (Lipinski definition) is 11. The summed E-state index contributed by atoms with van der Waals surface area (Å²) in [5, 5.41) is 95.9. The smallest absolute Gasteiger partial charge is 0.341 e. The molecular weight excluding hydrogens is 336 g/mol. The Balaban J connectivity index is 3.42. The van der Waals surface area contributed by atoms with Crippen molar-refractivity contribution in [3.05, 3.63) is 0 Å². The van der Waals surface area contributed by atoms with E-state index in [-0.39, 0.29) is 0 Å². The number of carboxylic acids is 1. The minimum Gasteiger partial charge on any atom is -0.479 e. The van der Waals surface area contributed by atoms with E-state index in [0.717, 1.165) is 0 Å². The first-order valence-corrected chi connectivity index (χ1v) is 6.83. The number of aliphatic hydroxyl groups is 9. The van der Waals surface area contributed by atoms with Gasteiger partial charge in [0.25, 0.3) is 0 Å². The van der Waals surface area contributed by atoms with Gasteiger partial charge in [-0.25, -0.2) is 4.79 Å². The Morgan fingerprint density at radius 2 is 1.67 bits per heavy atom. The van der Waals surface area contributed by atoms with Crippen molar-refractivity contribution < 1.29 is 62.0 Å². The summed E-state index contributed by atoms with van der Waals surface area (Å²) in [5.74, 6) is -2.39. The summed E-state index contributed by atoms with van der Waals surface area (Å²) in [6.07, 6.45) is -19.7. The van der Waals surface area contributed by atoms with Gasteiger partial charge in [-0.05, 0) is 0 Å². The van der Waals surface area contributed by atoms with Gasteiger partial charge in [0.05, 0.1) is 14.6 Å². The molecule has 0 aliphatic carbocycles. The van der Waals surface area contributed by atoms with Crippen molar-refractivity contribution in [3.63, 3.8) is 0 Å². The molecule has 24 heavy (non-hydrogen) atoms. The first-order valence-electron chi connectivity index (χ1n) is 7.33. The summed E-state index contributed by atoms with van der Waals surface area (Å²) >= 11 is 0. The number of aliphatic hydroxyl groups excluding tert-OH is 8. The van der Waals surface area contributed by atoms with Gasteiger partial charge < -0.3 is 55.8 Å². The van der Waals surface area contributed by atoms with Crippen LogP contribution < -0.4 is 0 Å². The molecule has 1 heterocycles. The second kappa shape index (κ2) is 7.97. The summed E-state index contributed by atoms with van der Waals surface area (Å²) in [7, 11) is 0. The lowest BCUT2D eigenvalue weighted by Crippen LogP contribution is -2.72. The third-order valence-corrected chi connectivity index (χ3v) is 3.82. The molecule has 1 rings (SSSR count). The van der Waals surface area contributed by atoms with Crippen molar-refractivity contribution >= 4 is 5.97 Å². The molecule has 0 aromatic rings. The van der Waals surface area contributed by atoms with Crippen LogP contribution in [0.5, 0.6) is 0 Å². The molecule has 10 N–H and O–H groups in total. The Bertz CT molecular complexity index is 477. The SMILES string of the molecule is [2H]C1([C@@](O)(C(=O)O)[C@@H](O)[C@H](O)[C@H](O)CO)O[C@H](CO)[C@@H](O)[C@H](O)[C@@H]1O. The predicted octanol–water partition coefficient (Wildman–Crippen LogP) is -6.28. The average Bonchev–Trinajstić information content (AvgIpc) is 2.59. The minimum atomic E-state index is -3.85. The molecule has 0 radical (unpaired) electrons. The van der Waals surface area contributed by atoms with Crippen molar-refractivity contribution in [2.75, 3.05) is 13.2 Å². The van der Waals surface area contributed by atoms with Crippen LogP contribution >= 0.6 is 0 Å². The first-order chi connectivity index (χ1) is 11.4. The molecule has 1 unspecified atom stereocenters. The number of rotatable bonds is 7. The van der Waals surface area contributed by atoms with E-state index in [9.17, 15) is 45.6 Å². The van der Waals surface area contributed by atoms with Crippen LogP contribution in [0.1, 0.15) is 1.37 Å². The van der Waals surface area contributed by atoms with Crippen LogP contribution in [0.2, 0.25) is 0 Å². The highest BCUT2D eigenvalue weighted by Gasteiger charge is 2.61. The Kier molecular flexibility index (Phi) is 6.44. The molecule has 9 atom stereocenters. The first kappa shape index (κ1) is 19.4. The third-order valence-electron chi connectivity index (χ3n) is 3.82. The quantitative estimate of drug-likeness (QED) is 0.205. The molecule has 12 nitrogen and oxygen atoms in total. The molecule has 0 bridgehead atoms. The second-order valence-corrected chi connectivity index (χ2v) is 5.39. The zero-order valence-corrected chi connectivity index (χ0v) is 12.2. The number of hydrogen-bond donors (Lipinski definition) is 10. The topological polar surface area (TPSA) is 229 Å². The van der Waals surface area contributed by atoms with Gasteiger partial charge in [-0.2, -0.15) is 0 Å². The summed E-state index contributed by atoms with van der Waals surface area (Å²) in [6.45, 7) is -2.21. The molecule has 1 aliphatic rings. The molecule has 0 saturated carbocycles. The largest absolute Gasteiger partial charge is 0.479 e. The molecule has 12 heteroatoms. The van der Waals surface area contributed by atoms with Crippen molar-refractivity contribution in [2.24, 2.45) is 0 Å². The molecule has 142 valence electrons. The zero-order chi connectivity index (χ0) is 19.7. The van der Waals surface area contributed by atoms with E-state index < -0.39 is 73.6 Å². The van der Waals surface area contributed by atoms with Gasteiger partial charge in [-0.1, -0.05) is 0 Å². The Morgan fingerprint density at radius 1 is 1.12 bits per heavy atom. The van der Waals surface area contributed by atoms with Crippen LogP contribution in [0.25, 0.3) is 0 Å². The van der Waals surface area contributed by atoms with Crippen molar-refractivity contribution in [3.8, 4) is 0 Å². The summed E-state index contributed by atoms with van der Waals surface area (Å²) in [6, 6.07) is 0. The van der Waals surface area contributed by atoms with Gasteiger partial charge in [0, 0.05) is 0 Å². The minimum absolute atomic E-state index is 1.06. The highest BCUT2D eigenvalue weighted by Crippen LogP contribution is 2.32. The van der Waals surface area contributed by atoms with Crippen LogP contribution in [-0.2, 0) is 9.53 Å². The van der Waals surface area contributed by atoms with Gasteiger partial charge in [0.1, 0.15) is 48.8 Å². The fourth-order valence-corrected chi connectivity index (χ4v) is 2.27. The highest BCUT2D eigenvalue weighted by molar-refractivity contribution is 5.79. The second-order valence-electron chi connectivity index (χ2n) is 5.39. The molecule has 0 amide bonds. The van der Waals surface area contributed by atoms with Gasteiger partial charge in [-0.15, -0.1) is 0 Å². The Morgan fingerprint density at radius 3 is 2.08 bits per heavy atom. The predicted molar refractivity (Wildman–Crippen MR) is 71.5 cm³/mol. The lowest BCUT2D eigenvalue weighted by atomic mass is 9.79. The van der Waals surface area contributed by atoms with Crippen molar-refractivity contribution in [1.82, 2.24) is 0 Å². The molecule has 1 fully saturated rings. The van der Waals surface area contributed by atoms with Crippen LogP contribution in [0, 0.1) is 0 Å². The number of aliphatic carboxylic acids is 1. The van der Waals surface area contributed by atoms with Crippen LogP contribution in [0.15, 0.2) is 0 Å². The van der Waals surface area contributed by atoms with Crippen molar-refractivity contribution in [1.29, 1.82) is 0 Å². The maximum atomic E-state index is 11.5. The van der Waals surface area contributed by atoms with Gasteiger partial charge >= 0.3 is 5.97 Å². The Hall–Kier alpha value is -0.930.